The summed E-state index contributed by atoms with van der Waals surface area (Å²) >= 11 is 5.88. The molecule has 2 atom stereocenters. The van der Waals surface area contributed by atoms with E-state index in [-0.39, 0.29) is 12.0 Å². The molecule has 1 unspecified atom stereocenters. The second-order valence-electron chi connectivity index (χ2n) is 5.95. The van der Waals surface area contributed by atoms with Crippen LogP contribution in [0.1, 0.15) is 26.2 Å². The van der Waals surface area contributed by atoms with Crippen LogP contribution in [0.2, 0.25) is 0 Å². The normalized spacial score (nSPS) is 22.9. The van der Waals surface area contributed by atoms with Gasteiger partial charge >= 0.3 is 0 Å². The molecular formula is C16H22ClN3O2. The molecule has 2 aliphatic rings. The van der Waals surface area contributed by atoms with Crippen molar-refractivity contribution in [3.05, 3.63) is 18.3 Å². The first-order valence-corrected chi connectivity index (χ1v) is 8.38. The van der Waals surface area contributed by atoms with Gasteiger partial charge in [0.05, 0.1) is 6.54 Å². The van der Waals surface area contributed by atoms with E-state index in [0.29, 0.717) is 13.1 Å². The van der Waals surface area contributed by atoms with Gasteiger partial charge in [-0.3, -0.25) is 4.79 Å². The highest BCUT2D eigenvalue weighted by molar-refractivity contribution is 6.30. The topological polar surface area (TPSA) is 45.7 Å². The Morgan fingerprint density at radius 3 is 2.91 bits per heavy atom. The number of likely N-dealkylation sites (tertiary alicyclic amines) is 1. The van der Waals surface area contributed by atoms with Crippen molar-refractivity contribution in [2.24, 2.45) is 0 Å². The van der Waals surface area contributed by atoms with E-state index in [9.17, 15) is 4.79 Å². The van der Waals surface area contributed by atoms with Crippen molar-refractivity contribution in [2.75, 3.05) is 31.1 Å². The van der Waals surface area contributed by atoms with Crippen LogP contribution in [0.3, 0.4) is 0 Å². The first-order chi connectivity index (χ1) is 10.6. The Kier molecular flexibility index (Phi) is 4.71. The molecule has 1 aromatic heterocycles. The van der Waals surface area contributed by atoms with Gasteiger partial charge in [0.15, 0.2) is 11.6 Å². The minimum Gasteiger partial charge on any atom is -0.485 e. The number of amides is 1. The number of halogens is 1. The Balaban J connectivity index is 1.66. The number of nitrogens with zero attached hydrogens (tertiary/aromatic N) is 3. The van der Waals surface area contributed by atoms with Crippen molar-refractivity contribution in [3.8, 4) is 5.75 Å². The summed E-state index contributed by atoms with van der Waals surface area (Å²) in [6, 6.07) is 3.86. The molecule has 120 valence electrons. The fraction of sp³-hybridized carbons (Fsp3) is 0.625. The third-order valence-corrected chi connectivity index (χ3v) is 4.43. The smallest absolute Gasteiger partial charge is 0.240 e. The van der Waals surface area contributed by atoms with Gasteiger partial charge in [-0.15, -0.1) is 11.6 Å². The second kappa shape index (κ2) is 6.73. The Morgan fingerprint density at radius 1 is 1.41 bits per heavy atom. The maximum absolute atomic E-state index is 11.9. The fourth-order valence-electron chi connectivity index (χ4n) is 3.10. The Labute approximate surface area is 136 Å². The lowest BCUT2D eigenvalue weighted by atomic mass is 10.3. The van der Waals surface area contributed by atoms with Crippen molar-refractivity contribution < 1.29 is 9.53 Å². The van der Waals surface area contributed by atoms with Gasteiger partial charge in [0, 0.05) is 32.3 Å². The van der Waals surface area contributed by atoms with Crippen molar-refractivity contribution in [3.63, 3.8) is 0 Å². The molecule has 3 heterocycles. The minimum absolute atomic E-state index is 0.0151. The average molecular weight is 324 g/mol. The molecule has 1 amide bonds. The van der Waals surface area contributed by atoms with E-state index >= 15 is 0 Å². The quantitative estimate of drug-likeness (QED) is 0.798. The number of carbonyl (C=O) groups is 1. The molecule has 3 rings (SSSR count). The van der Waals surface area contributed by atoms with Gasteiger partial charge < -0.3 is 14.5 Å². The number of pyridine rings is 1. The maximum Gasteiger partial charge on any atom is 0.240 e. The number of aromatic nitrogens is 1. The number of anilines is 1. The molecule has 0 N–H and O–H groups in total. The zero-order valence-corrected chi connectivity index (χ0v) is 13.6. The van der Waals surface area contributed by atoms with Crippen LogP contribution in [0.4, 0.5) is 5.82 Å². The van der Waals surface area contributed by atoms with Gasteiger partial charge in [-0.1, -0.05) is 0 Å². The van der Waals surface area contributed by atoms with Gasteiger partial charge in [-0.2, -0.15) is 0 Å². The predicted molar refractivity (Wildman–Crippen MR) is 86.6 cm³/mol. The van der Waals surface area contributed by atoms with Crippen LogP contribution in [-0.4, -0.2) is 53.5 Å². The summed E-state index contributed by atoms with van der Waals surface area (Å²) < 4.78 is 6.14. The molecule has 2 saturated heterocycles. The number of rotatable bonds is 4. The Bertz CT molecular complexity index is 532. The molecule has 0 aliphatic carbocycles. The third-order valence-electron chi connectivity index (χ3n) is 4.25. The zero-order valence-electron chi connectivity index (χ0n) is 12.9. The fourth-order valence-corrected chi connectivity index (χ4v) is 3.23. The first kappa shape index (κ1) is 15.4. The van der Waals surface area contributed by atoms with Gasteiger partial charge in [-0.25, -0.2) is 4.98 Å². The molecule has 0 saturated carbocycles. The summed E-state index contributed by atoms with van der Waals surface area (Å²) in [5.74, 6) is 1.73. The molecule has 2 fully saturated rings. The van der Waals surface area contributed by atoms with Crippen molar-refractivity contribution in [1.29, 1.82) is 0 Å². The number of ether oxygens (including phenoxy) is 1. The molecular weight excluding hydrogens is 302 g/mol. The maximum atomic E-state index is 11.9. The van der Waals surface area contributed by atoms with E-state index in [2.05, 4.69) is 9.88 Å². The molecule has 0 radical (unpaired) electrons. The van der Waals surface area contributed by atoms with Crippen molar-refractivity contribution >= 4 is 23.3 Å². The standard InChI is InChI=1S/C16H22ClN3O2/c1-12(17)16(21)20-10-6-13(11-20)22-14-5-4-7-18-15(14)19-8-2-3-9-19/h4-5,7,12-13H,2-3,6,8-11H2,1H3/t12?,13-/m0/s1. The summed E-state index contributed by atoms with van der Waals surface area (Å²) in [5.41, 5.74) is 0. The molecule has 0 spiro atoms. The summed E-state index contributed by atoms with van der Waals surface area (Å²) in [6.45, 7) is 5.09. The van der Waals surface area contributed by atoms with Crippen LogP contribution in [0.5, 0.6) is 5.75 Å². The first-order valence-electron chi connectivity index (χ1n) is 7.94. The highest BCUT2D eigenvalue weighted by Gasteiger charge is 2.30. The molecule has 0 aromatic carbocycles. The van der Waals surface area contributed by atoms with Crippen LogP contribution >= 0.6 is 11.6 Å². The highest BCUT2D eigenvalue weighted by atomic mass is 35.5. The van der Waals surface area contributed by atoms with Gasteiger partial charge in [-0.05, 0) is 31.9 Å². The van der Waals surface area contributed by atoms with Crippen LogP contribution in [0.25, 0.3) is 0 Å². The molecule has 6 heteroatoms. The lowest BCUT2D eigenvalue weighted by Crippen LogP contribution is -2.35. The van der Waals surface area contributed by atoms with Crippen molar-refractivity contribution in [1.82, 2.24) is 9.88 Å². The van der Waals surface area contributed by atoms with E-state index in [4.69, 9.17) is 16.3 Å². The second-order valence-corrected chi connectivity index (χ2v) is 6.60. The van der Waals surface area contributed by atoms with Gasteiger partial charge in [0.25, 0.3) is 0 Å². The molecule has 1 aromatic rings. The predicted octanol–water partition coefficient (Wildman–Crippen LogP) is 2.29. The van der Waals surface area contributed by atoms with E-state index < -0.39 is 5.38 Å². The van der Waals surface area contributed by atoms with E-state index in [1.54, 1.807) is 18.0 Å². The average Bonchev–Trinajstić information content (AvgIpc) is 3.18. The van der Waals surface area contributed by atoms with E-state index in [1.165, 1.54) is 12.8 Å². The number of hydrogen-bond donors (Lipinski definition) is 0. The monoisotopic (exact) mass is 323 g/mol. The highest BCUT2D eigenvalue weighted by Crippen LogP contribution is 2.30. The molecule has 5 nitrogen and oxygen atoms in total. The number of alkyl halides is 1. The lowest BCUT2D eigenvalue weighted by Gasteiger charge is -2.22. The Hall–Kier alpha value is -1.49. The third kappa shape index (κ3) is 3.29. The van der Waals surface area contributed by atoms with Gasteiger partial charge in [0.1, 0.15) is 11.5 Å². The van der Waals surface area contributed by atoms with Crippen LogP contribution in [0, 0.1) is 0 Å². The van der Waals surface area contributed by atoms with Crippen molar-refractivity contribution in [2.45, 2.75) is 37.7 Å². The SMILES string of the molecule is CC(Cl)C(=O)N1CC[C@H](Oc2cccnc2N2CCCC2)C1. The zero-order chi connectivity index (χ0) is 15.5. The largest absolute Gasteiger partial charge is 0.485 e. The summed E-state index contributed by atoms with van der Waals surface area (Å²) in [7, 11) is 0. The number of hydrogen-bond acceptors (Lipinski definition) is 4. The van der Waals surface area contributed by atoms with E-state index in [0.717, 1.165) is 31.1 Å². The molecule has 22 heavy (non-hydrogen) atoms. The molecule has 2 aliphatic heterocycles. The van der Waals surface area contributed by atoms with E-state index in [1.807, 2.05) is 12.1 Å². The summed E-state index contributed by atoms with van der Waals surface area (Å²) in [4.78, 5) is 20.5. The lowest BCUT2D eigenvalue weighted by molar-refractivity contribution is -0.129. The van der Waals surface area contributed by atoms with Crippen LogP contribution < -0.4 is 9.64 Å². The molecule has 0 bridgehead atoms. The number of carbonyl (C=O) groups excluding carboxylic acids is 1. The minimum atomic E-state index is -0.475. The van der Waals surface area contributed by atoms with Gasteiger partial charge in [0.2, 0.25) is 5.91 Å². The summed E-state index contributed by atoms with van der Waals surface area (Å²) in [6.07, 6.45) is 5.07. The van der Waals surface area contributed by atoms with Crippen LogP contribution in [0.15, 0.2) is 18.3 Å². The van der Waals surface area contributed by atoms with Crippen LogP contribution in [-0.2, 0) is 4.79 Å². The Morgan fingerprint density at radius 2 is 2.18 bits per heavy atom. The summed E-state index contributed by atoms with van der Waals surface area (Å²) in [5, 5.41) is -0.475.